The van der Waals surface area contributed by atoms with Gasteiger partial charge in [-0.2, -0.15) is 0 Å². The predicted molar refractivity (Wildman–Crippen MR) is 117 cm³/mol. The molecular formula is C25H28N2O2. The van der Waals surface area contributed by atoms with Gasteiger partial charge in [-0.1, -0.05) is 53.7 Å². The number of pyridine rings is 1. The molecule has 0 aliphatic carbocycles. The fourth-order valence-electron chi connectivity index (χ4n) is 3.72. The van der Waals surface area contributed by atoms with Crippen LogP contribution in [0.5, 0.6) is 0 Å². The fraction of sp³-hybridized carbons (Fsp3) is 0.280. The number of benzene rings is 2. The van der Waals surface area contributed by atoms with E-state index in [9.17, 15) is 5.21 Å². The van der Waals surface area contributed by atoms with Gasteiger partial charge in [-0.05, 0) is 61.1 Å². The lowest BCUT2D eigenvalue weighted by molar-refractivity contribution is 0.288. The van der Waals surface area contributed by atoms with E-state index < -0.39 is 0 Å². The maximum atomic E-state index is 9.77. The third-order valence-electron chi connectivity index (χ3n) is 5.32. The molecule has 0 bridgehead atoms. The summed E-state index contributed by atoms with van der Waals surface area (Å²) in [6, 6.07) is 20.7. The summed E-state index contributed by atoms with van der Waals surface area (Å²) in [5.74, 6) is 0.0717. The summed E-state index contributed by atoms with van der Waals surface area (Å²) in [5.41, 5.74) is 7.26. The monoisotopic (exact) mass is 388 g/mol. The average Bonchev–Trinajstić information content (AvgIpc) is 2.74. The summed E-state index contributed by atoms with van der Waals surface area (Å²) < 4.78 is 0. The summed E-state index contributed by atoms with van der Waals surface area (Å²) >= 11 is 0. The third-order valence-corrected chi connectivity index (χ3v) is 5.32. The highest BCUT2D eigenvalue weighted by atomic mass is 16.4. The van der Waals surface area contributed by atoms with Crippen molar-refractivity contribution in [2.45, 2.75) is 39.0 Å². The van der Waals surface area contributed by atoms with Gasteiger partial charge in [0.1, 0.15) is 0 Å². The molecule has 150 valence electrons. The van der Waals surface area contributed by atoms with Crippen molar-refractivity contribution >= 4 is 5.71 Å². The molecule has 0 saturated carbocycles. The molecule has 4 heteroatoms. The highest BCUT2D eigenvalue weighted by Gasteiger charge is 2.20. The van der Waals surface area contributed by atoms with Gasteiger partial charge in [0.25, 0.3) is 0 Å². The minimum absolute atomic E-state index is 0.0717. The van der Waals surface area contributed by atoms with Gasteiger partial charge in [0.2, 0.25) is 0 Å². The van der Waals surface area contributed by atoms with Crippen molar-refractivity contribution in [3.8, 4) is 0 Å². The van der Waals surface area contributed by atoms with E-state index in [-0.39, 0.29) is 12.5 Å². The Balaban J connectivity index is 1.96. The van der Waals surface area contributed by atoms with E-state index in [1.165, 1.54) is 22.3 Å². The van der Waals surface area contributed by atoms with Crippen LogP contribution in [0.3, 0.4) is 0 Å². The summed E-state index contributed by atoms with van der Waals surface area (Å²) in [6.07, 6.45) is 3.96. The number of hydrogen-bond donors (Lipinski definition) is 2. The zero-order valence-electron chi connectivity index (χ0n) is 17.0. The third kappa shape index (κ3) is 5.30. The minimum Gasteiger partial charge on any atom is -0.411 e. The molecule has 1 aromatic heterocycles. The Labute approximate surface area is 172 Å². The summed E-state index contributed by atoms with van der Waals surface area (Å²) in [4.78, 5) is 4.25. The molecule has 4 nitrogen and oxygen atoms in total. The minimum atomic E-state index is 0.0717. The number of aliphatic hydroxyl groups excluding tert-OH is 1. The molecule has 0 amide bonds. The molecule has 1 atom stereocenters. The zero-order chi connectivity index (χ0) is 20.6. The Bertz CT molecular complexity index is 965. The Morgan fingerprint density at radius 3 is 2.45 bits per heavy atom. The normalized spacial score (nSPS) is 12.7. The molecule has 0 aliphatic heterocycles. The SMILES string of the molecule is Cc1cc(/C(CC(c2ccc(CCCO)cc2)c2ccccc2C)=N\O)ccn1. The maximum Gasteiger partial charge on any atom is 0.0878 e. The van der Waals surface area contributed by atoms with E-state index >= 15 is 0 Å². The van der Waals surface area contributed by atoms with Gasteiger partial charge in [-0.25, -0.2) is 0 Å². The topological polar surface area (TPSA) is 65.7 Å². The van der Waals surface area contributed by atoms with Crippen molar-refractivity contribution in [3.63, 3.8) is 0 Å². The molecule has 0 spiro atoms. The van der Waals surface area contributed by atoms with E-state index in [0.29, 0.717) is 12.1 Å². The van der Waals surface area contributed by atoms with Crippen LogP contribution in [0, 0.1) is 13.8 Å². The van der Waals surface area contributed by atoms with E-state index in [4.69, 9.17) is 5.11 Å². The van der Waals surface area contributed by atoms with Gasteiger partial charge < -0.3 is 10.3 Å². The summed E-state index contributed by atoms with van der Waals surface area (Å²) in [7, 11) is 0. The standard InChI is InChI=1S/C25H28N2O2/c1-18-6-3-4-8-23(18)24(21-11-9-20(10-12-21)7-5-15-28)17-25(27-29)22-13-14-26-19(2)16-22/h3-4,6,8-14,16,24,28-29H,5,7,15,17H2,1-2H3/b27-25-. The van der Waals surface area contributed by atoms with E-state index in [2.05, 4.69) is 59.5 Å². The lowest BCUT2D eigenvalue weighted by Crippen LogP contribution is -2.12. The van der Waals surface area contributed by atoms with Crippen molar-refractivity contribution in [2.24, 2.45) is 5.16 Å². The first-order valence-corrected chi connectivity index (χ1v) is 10.0. The summed E-state index contributed by atoms with van der Waals surface area (Å²) in [5, 5.41) is 22.5. The van der Waals surface area contributed by atoms with Crippen molar-refractivity contribution < 1.29 is 10.3 Å². The second-order valence-electron chi connectivity index (χ2n) is 7.41. The molecule has 29 heavy (non-hydrogen) atoms. The lowest BCUT2D eigenvalue weighted by Gasteiger charge is -2.21. The lowest BCUT2D eigenvalue weighted by atomic mass is 9.83. The molecule has 3 aromatic rings. The summed E-state index contributed by atoms with van der Waals surface area (Å²) in [6.45, 7) is 4.25. The number of rotatable bonds is 8. The Kier molecular flexibility index (Phi) is 7.14. The fourth-order valence-corrected chi connectivity index (χ4v) is 3.72. The largest absolute Gasteiger partial charge is 0.411 e. The van der Waals surface area contributed by atoms with Crippen LogP contribution < -0.4 is 0 Å². The van der Waals surface area contributed by atoms with Crippen molar-refractivity contribution in [3.05, 3.63) is 100 Å². The van der Waals surface area contributed by atoms with Crippen LogP contribution in [-0.4, -0.2) is 27.6 Å². The number of aryl methyl sites for hydroxylation is 3. The van der Waals surface area contributed by atoms with Gasteiger partial charge in [0.05, 0.1) is 5.71 Å². The second kappa shape index (κ2) is 9.99. The van der Waals surface area contributed by atoms with Crippen molar-refractivity contribution in [1.82, 2.24) is 4.98 Å². The number of aliphatic hydroxyl groups is 1. The molecule has 0 radical (unpaired) electrons. The second-order valence-corrected chi connectivity index (χ2v) is 7.41. The van der Waals surface area contributed by atoms with Crippen molar-refractivity contribution in [1.29, 1.82) is 0 Å². The van der Waals surface area contributed by atoms with Crippen LogP contribution in [0.1, 0.15) is 52.3 Å². The molecule has 0 aliphatic rings. The van der Waals surface area contributed by atoms with E-state index in [1.54, 1.807) is 6.20 Å². The molecule has 0 saturated heterocycles. The molecular weight excluding hydrogens is 360 g/mol. The van der Waals surface area contributed by atoms with Crippen LogP contribution in [-0.2, 0) is 6.42 Å². The Morgan fingerprint density at radius 2 is 1.79 bits per heavy atom. The zero-order valence-corrected chi connectivity index (χ0v) is 17.0. The maximum absolute atomic E-state index is 9.77. The predicted octanol–water partition coefficient (Wildman–Crippen LogP) is 5.02. The average molecular weight is 389 g/mol. The van der Waals surface area contributed by atoms with Crippen LogP contribution >= 0.6 is 0 Å². The van der Waals surface area contributed by atoms with Crippen LogP contribution in [0.4, 0.5) is 0 Å². The molecule has 0 fully saturated rings. The molecule has 3 rings (SSSR count). The molecule has 1 heterocycles. The Hall–Kier alpha value is -2.98. The number of hydrogen-bond acceptors (Lipinski definition) is 4. The van der Waals surface area contributed by atoms with Crippen molar-refractivity contribution in [2.75, 3.05) is 6.61 Å². The smallest absolute Gasteiger partial charge is 0.0878 e. The molecule has 1 unspecified atom stereocenters. The first-order chi connectivity index (χ1) is 14.1. The van der Waals surface area contributed by atoms with Crippen LogP contribution in [0.15, 0.2) is 72.0 Å². The molecule has 2 aromatic carbocycles. The Morgan fingerprint density at radius 1 is 1.03 bits per heavy atom. The van der Waals surface area contributed by atoms with Gasteiger partial charge >= 0.3 is 0 Å². The first kappa shape index (κ1) is 20.7. The van der Waals surface area contributed by atoms with Crippen LogP contribution in [0.25, 0.3) is 0 Å². The van der Waals surface area contributed by atoms with E-state index in [0.717, 1.165) is 24.1 Å². The quantitative estimate of drug-likeness (QED) is 0.323. The van der Waals surface area contributed by atoms with Gasteiger partial charge in [0, 0.05) is 36.4 Å². The van der Waals surface area contributed by atoms with Gasteiger partial charge in [0.15, 0.2) is 0 Å². The highest BCUT2D eigenvalue weighted by molar-refractivity contribution is 6.00. The number of oxime groups is 1. The van der Waals surface area contributed by atoms with E-state index in [1.807, 2.05) is 25.1 Å². The van der Waals surface area contributed by atoms with Gasteiger partial charge in [-0.3, -0.25) is 4.98 Å². The number of aromatic nitrogens is 1. The first-order valence-electron chi connectivity index (χ1n) is 10.0. The van der Waals surface area contributed by atoms with Gasteiger partial charge in [-0.15, -0.1) is 0 Å². The number of nitrogens with zero attached hydrogens (tertiary/aromatic N) is 2. The molecule has 2 N–H and O–H groups in total. The highest BCUT2D eigenvalue weighted by Crippen LogP contribution is 2.32. The van der Waals surface area contributed by atoms with Crippen LogP contribution in [0.2, 0.25) is 0 Å².